The van der Waals surface area contributed by atoms with E-state index in [-0.39, 0.29) is 11.3 Å². The molecule has 2 rings (SSSR count). The summed E-state index contributed by atoms with van der Waals surface area (Å²) in [7, 11) is 1.53. The molecule has 1 aliphatic heterocycles. The van der Waals surface area contributed by atoms with Crippen molar-refractivity contribution in [3.05, 3.63) is 28.8 Å². The lowest BCUT2D eigenvalue weighted by Crippen LogP contribution is -2.40. The highest BCUT2D eigenvalue weighted by Gasteiger charge is 2.25. The molecule has 0 saturated carbocycles. The molecule has 0 aliphatic carbocycles. The van der Waals surface area contributed by atoms with Crippen LogP contribution in [0.5, 0.6) is 5.75 Å². The topological polar surface area (TPSA) is 29.5 Å². The zero-order chi connectivity index (χ0) is 13.1. The molecule has 1 heterocycles. The van der Waals surface area contributed by atoms with Crippen LogP contribution in [0.2, 0.25) is 5.02 Å². The maximum absolute atomic E-state index is 12.4. The second-order valence-electron chi connectivity index (χ2n) is 4.34. The number of hydrogen-bond acceptors (Lipinski definition) is 2. The molecule has 1 aromatic rings. The number of nitrogens with zero attached hydrogens (tertiary/aromatic N) is 1. The highest BCUT2D eigenvalue weighted by atomic mass is 35.5. The van der Waals surface area contributed by atoms with Crippen molar-refractivity contribution in [1.29, 1.82) is 0 Å². The van der Waals surface area contributed by atoms with E-state index in [1.54, 1.807) is 23.1 Å². The van der Waals surface area contributed by atoms with Crippen molar-refractivity contribution >= 4 is 29.1 Å². The van der Waals surface area contributed by atoms with Gasteiger partial charge in [0.1, 0.15) is 5.75 Å². The number of amides is 1. The Morgan fingerprint density at radius 3 is 2.94 bits per heavy atom. The van der Waals surface area contributed by atoms with Gasteiger partial charge in [-0.3, -0.25) is 4.79 Å². The summed E-state index contributed by atoms with van der Waals surface area (Å²) in [6, 6.07) is 5.04. The molecule has 1 fully saturated rings. The molecule has 98 valence electrons. The molecule has 1 aliphatic rings. The fraction of sp³-hybridized carbons (Fsp3) is 0.462. The van der Waals surface area contributed by atoms with Crippen molar-refractivity contribution in [3.8, 4) is 5.75 Å². The van der Waals surface area contributed by atoms with Crippen LogP contribution in [0.15, 0.2) is 18.2 Å². The zero-order valence-electron chi connectivity index (χ0n) is 10.2. The predicted molar refractivity (Wildman–Crippen MR) is 72.8 cm³/mol. The number of methoxy groups -OCH3 is 1. The van der Waals surface area contributed by atoms with Crippen LogP contribution in [0.1, 0.15) is 23.2 Å². The molecule has 5 heteroatoms. The summed E-state index contributed by atoms with van der Waals surface area (Å²) in [5.41, 5.74) is 0.535. The van der Waals surface area contributed by atoms with Crippen LogP contribution in [0.3, 0.4) is 0 Å². The molecule has 0 radical (unpaired) electrons. The molecule has 1 aromatic carbocycles. The number of halogens is 2. The number of ether oxygens (including phenoxy) is 1. The summed E-state index contributed by atoms with van der Waals surface area (Å²) in [5.74, 6) is 0.457. The zero-order valence-corrected chi connectivity index (χ0v) is 11.7. The van der Waals surface area contributed by atoms with Gasteiger partial charge in [-0.05, 0) is 31.0 Å². The number of rotatable bonds is 2. The number of carbonyl (C=O) groups excluding carboxylic acids is 1. The van der Waals surface area contributed by atoms with E-state index >= 15 is 0 Å². The summed E-state index contributed by atoms with van der Waals surface area (Å²) in [6.45, 7) is 1.33. The van der Waals surface area contributed by atoms with E-state index in [0.29, 0.717) is 22.9 Å². The number of benzene rings is 1. The van der Waals surface area contributed by atoms with E-state index in [2.05, 4.69) is 0 Å². The predicted octanol–water partition coefficient (Wildman–Crippen LogP) is 3.19. The lowest BCUT2D eigenvalue weighted by atomic mass is 10.1. The monoisotopic (exact) mass is 287 g/mol. The van der Waals surface area contributed by atoms with Gasteiger partial charge in [-0.2, -0.15) is 0 Å². The average molecular weight is 288 g/mol. The Hall–Kier alpha value is -0.930. The maximum atomic E-state index is 12.4. The van der Waals surface area contributed by atoms with Crippen LogP contribution >= 0.6 is 23.2 Å². The van der Waals surface area contributed by atoms with Crippen LogP contribution in [0, 0.1) is 0 Å². The molecular formula is C13H15Cl2NO2. The van der Waals surface area contributed by atoms with Crippen LogP contribution in [0.4, 0.5) is 0 Å². The molecule has 0 N–H and O–H groups in total. The first-order valence-corrected chi connectivity index (χ1v) is 6.70. The number of piperidine rings is 1. The molecule has 3 nitrogen and oxygen atoms in total. The van der Waals surface area contributed by atoms with Gasteiger partial charge >= 0.3 is 0 Å². The smallest absolute Gasteiger partial charge is 0.257 e. The van der Waals surface area contributed by atoms with Crippen molar-refractivity contribution in [1.82, 2.24) is 4.90 Å². The lowest BCUT2D eigenvalue weighted by Gasteiger charge is -2.30. The molecule has 0 bridgehead atoms. The lowest BCUT2D eigenvalue weighted by molar-refractivity contribution is 0.0723. The van der Waals surface area contributed by atoms with Gasteiger partial charge in [0, 0.05) is 18.1 Å². The molecule has 1 amide bonds. The number of alkyl halides is 1. The fourth-order valence-electron chi connectivity index (χ4n) is 2.12. The van der Waals surface area contributed by atoms with E-state index in [4.69, 9.17) is 27.9 Å². The van der Waals surface area contributed by atoms with E-state index in [0.717, 1.165) is 19.4 Å². The first-order valence-electron chi connectivity index (χ1n) is 5.88. The maximum Gasteiger partial charge on any atom is 0.257 e. The van der Waals surface area contributed by atoms with E-state index in [9.17, 15) is 4.79 Å². The minimum absolute atomic E-state index is 0.0426. The normalized spacial score (nSPS) is 19.7. The second kappa shape index (κ2) is 5.81. The van der Waals surface area contributed by atoms with Crippen LogP contribution in [0.25, 0.3) is 0 Å². The third kappa shape index (κ3) is 2.90. The van der Waals surface area contributed by atoms with Gasteiger partial charge in [-0.1, -0.05) is 11.6 Å². The molecule has 1 atom stereocenters. The van der Waals surface area contributed by atoms with Gasteiger partial charge in [0.15, 0.2) is 0 Å². The molecule has 1 unspecified atom stereocenters. The quantitative estimate of drug-likeness (QED) is 0.782. The number of carbonyl (C=O) groups is 1. The molecular weight excluding hydrogens is 273 g/mol. The first kappa shape index (κ1) is 13.5. The van der Waals surface area contributed by atoms with Gasteiger partial charge in [-0.15, -0.1) is 11.6 Å². The summed E-state index contributed by atoms with van der Waals surface area (Å²) < 4.78 is 5.20. The summed E-state index contributed by atoms with van der Waals surface area (Å²) >= 11 is 12.0. The molecule has 18 heavy (non-hydrogen) atoms. The minimum Gasteiger partial charge on any atom is -0.496 e. The minimum atomic E-state index is -0.0473. The van der Waals surface area contributed by atoms with Gasteiger partial charge in [-0.25, -0.2) is 0 Å². The van der Waals surface area contributed by atoms with Crippen molar-refractivity contribution in [3.63, 3.8) is 0 Å². The molecule has 0 spiro atoms. The Labute approximate surface area is 117 Å². The first-order chi connectivity index (χ1) is 8.61. The Bertz CT molecular complexity index is 451. The highest BCUT2D eigenvalue weighted by Crippen LogP contribution is 2.26. The van der Waals surface area contributed by atoms with Crippen molar-refractivity contribution in [2.45, 2.75) is 18.2 Å². The SMILES string of the molecule is COc1cc(Cl)ccc1C(=O)N1CCCC(Cl)C1. The molecule has 1 saturated heterocycles. The standard InChI is InChI=1S/C13H15Cl2NO2/c1-18-12-7-9(14)4-5-11(12)13(17)16-6-2-3-10(15)8-16/h4-5,7,10H,2-3,6,8H2,1H3. The third-order valence-electron chi connectivity index (χ3n) is 3.05. The highest BCUT2D eigenvalue weighted by molar-refractivity contribution is 6.30. The van der Waals surface area contributed by atoms with E-state index in [1.807, 2.05) is 0 Å². The average Bonchev–Trinajstić information content (AvgIpc) is 2.37. The van der Waals surface area contributed by atoms with Crippen LogP contribution < -0.4 is 4.74 Å². The van der Waals surface area contributed by atoms with Crippen LogP contribution in [-0.4, -0.2) is 36.4 Å². The fourth-order valence-corrected chi connectivity index (χ4v) is 2.60. The number of likely N-dealkylation sites (tertiary alicyclic amines) is 1. The molecule has 0 aromatic heterocycles. The van der Waals surface area contributed by atoms with E-state index < -0.39 is 0 Å². The van der Waals surface area contributed by atoms with Gasteiger partial charge < -0.3 is 9.64 Å². The van der Waals surface area contributed by atoms with E-state index in [1.165, 1.54) is 7.11 Å². The Balaban J connectivity index is 2.22. The second-order valence-corrected chi connectivity index (χ2v) is 5.39. The summed E-state index contributed by atoms with van der Waals surface area (Å²) in [4.78, 5) is 14.2. The van der Waals surface area contributed by atoms with Crippen molar-refractivity contribution < 1.29 is 9.53 Å². The summed E-state index contributed by atoms with van der Waals surface area (Å²) in [6.07, 6.45) is 1.90. The Kier molecular flexibility index (Phi) is 4.36. The third-order valence-corrected chi connectivity index (χ3v) is 3.64. The largest absolute Gasteiger partial charge is 0.496 e. The van der Waals surface area contributed by atoms with Crippen molar-refractivity contribution in [2.75, 3.05) is 20.2 Å². The number of hydrogen-bond donors (Lipinski definition) is 0. The Morgan fingerprint density at radius 2 is 2.28 bits per heavy atom. The van der Waals surface area contributed by atoms with Gasteiger partial charge in [0.05, 0.1) is 18.1 Å². The van der Waals surface area contributed by atoms with Gasteiger partial charge in [0.2, 0.25) is 0 Å². The van der Waals surface area contributed by atoms with Crippen molar-refractivity contribution in [2.24, 2.45) is 0 Å². The van der Waals surface area contributed by atoms with Crippen LogP contribution in [-0.2, 0) is 0 Å². The summed E-state index contributed by atoms with van der Waals surface area (Å²) in [5, 5.41) is 0.596. The Morgan fingerprint density at radius 1 is 1.50 bits per heavy atom. The van der Waals surface area contributed by atoms with Gasteiger partial charge in [0.25, 0.3) is 5.91 Å².